The molecule has 0 fully saturated rings. The Labute approximate surface area is 54.6 Å². The summed E-state index contributed by atoms with van der Waals surface area (Å²) in [5.74, 6) is 0. The second-order valence-electron chi connectivity index (χ2n) is 1.29. The fourth-order valence-electron chi connectivity index (χ4n) is 0.0907. The molecule has 0 saturated carbocycles. The van der Waals surface area contributed by atoms with Gasteiger partial charge in [0.05, 0.1) is 0 Å². The van der Waals surface area contributed by atoms with Crippen molar-refractivity contribution in [1.29, 1.82) is 0 Å². The molecule has 7 heteroatoms. The van der Waals surface area contributed by atoms with E-state index in [9.17, 15) is 0 Å². The summed E-state index contributed by atoms with van der Waals surface area (Å²) in [6, 6.07) is 1.35. The van der Waals surface area contributed by atoms with Crippen LogP contribution < -0.4 is 0 Å². The molecule has 0 aromatic rings. The average Bonchev–Trinajstić information content (AvgIpc) is 1.65. The minimum atomic E-state index is -0.516. The molecule has 6 radical (unpaired) electrons. The van der Waals surface area contributed by atoms with Gasteiger partial charge in [-0.05, 0) is 0 Å². The Balaban J connectivity index is 3.33. The van der Waals surface area contributed by atoms with Crippen LogP contribution in [-0.4, -0.2) is 42.0 Å². The molecule has 0 saturated heterocycles. The predicted molar refractivity (Wildman–Crippen MR) is 42.1 cm³/mol. The Bertz CT molecular complexity index is 57.2. The molecule has 0 aliphatic carbocycles. The third-order valence-electron chi connectivity index (χ3n) is 0.602. The van der Waals surface area contributed by atoms with Crippen molar-refractivity contribution in [3.63, 3.8) is 0 Å². The summed E-state index contributed by atoms with van der Waals surface area (Å²) in [7, 11) is 15.4. The quantitative estimate of drug-likeness (QED) is 0.372. The van der Waals surface area contributed by atoms with Gasteiger partial charge in [0, 0.05) is 0 Å². The predicted octanol–water partition coefficient (Wildman–Crippen LogP) is -1.64. The van der Waals surface area contributed by atoms with Crippen molar-refractivity contribution in [2.75, 3.05) is 0 Å². The molecule has 0 aromatic carbocycles. The van der Waals surface area contributed by atoms with Crippen LogP contribution in [0.5, 0.6) is 0 Å². The van der Waals surface area contributed by atoms with E-state index in [1.54, 1.807) is 0 Å². The molecule has 24 valence electrons. The van der Waals surface area contributed by atoms with Gasteiger partial charge in [0.1, 0.15) is 0 Å². The van der Waals surface area contributed by atoms with Crippen molar-refractivity contribution in [3.8, 4) is 0 Å². The molecule has 0 nitrogen and oxygen atoms in total. The zero-order chi connectivity index (χ0) is 5.86. The maximum absolute atomic E-state index is 5.21. The summed E-state index contributed by atoms with van der Waals surface area (Å²) in [4.78, 5) is 0. The van der Waals surface area contributed by atoms with Crippen LogP contribution in [0.25, 0.3) is 0 Å². The van der Waals surface area contributed by atoms with Gasteiger partial charge in [-0.3, -0.25) is 0 Å². The van der Waals surface area contributed by atoms with Gasteiger partial charge in [0.15, 0.2) is 0 Å². The average molecular weight is 96.9 g/mol. The van der Waals surface area contributed by atoms with Crippen LogP contribution in [0, 0.1) is 0 Å². The SMILES string of the molecule is [B]B([B])B([B])B=S. The van der Waals surface area contributed by atoms with Crippen molar-refractivity contribution < 1.29 is 0 Å². The van der Waals surface area contributed by atoms with Gasteiger partial charge >= 0.3 is 54.1 Å². The molecule has 0 bridgehead atoms. The molecule has 0 amide bonds. The summed E-state index contributed by atoms with van der Waals surface area (Å²) in [5.41, 5.74) is 0. The molecule has 0 N–H and O–H groups in total. The molecule has 0 unspecified atom stereocenters. The summed E-state index contributed by atoms with van der Waals surface area (Å²) in [6.07, 6.45) is -0.868. The molecule has 0 aliphatic heterocycles. The van der Waals surface area contributed by atoms with Crippen LogP contribution in [0.4, 0.5) is 0 Å². The fraction of sp³-hybridized carbons (Fsp3) is 0. The second-order valence-corrected chi connectivity index (χ2v) is 1.56. The normalized spacial score (nSPS) is 6.86. The Kier molecular flexibility index (Phi) is 3.90. The Hall–Kier alpha value is 0.610. The van der Waals surface area contributed by atoms with Gasteiger partial charge in [-0.1, -0.05) is 0 Å². The summed E-state index contributed by atoms with van der Waals surface area (Å²) >= 11 is 4.44. The summed E-state index contributed by atoms with van der Waals surface area (Å²) < 4.78 is 0. The van der Waals surface area contributed by atoms with Crippen LogP contribution >= 0.6 is 12.1 Å². The molecule has 0 rings (SSSR count). The first kappa shape index (κ1) is 7.61. The van der Waals surface area contributed by atoms with Crippen molar-refractivity contribution >= 4 is 54.1 Å². The molecule has 0 heterocycles. The van der Waals surface area contributed by atoms with Crippen LogP contribution in [-0.2, 0) is 0 Å². The van der Waals surface area contributed by atoms with Gasteiger partial charge in [0.25, 0.3) is 0 Å². The third-order valence-corrected chi connectivity index (χ3v) is 0.916. The van der Waals surface area contributed by atoms with Crippen molar-refractivity contribution in [2.45, 2.75) is 0 Å². The van der Waals surface area contributed by atoms with E-state index >= 15 is 0 Å². The van der Waals surface area contributed by atoms with Gasteiger partial charge in [-0.15, -0.1) is 0 Å². The van der Waals surface area contributed by atoms with E-state index in [1.807, 2.05) is 0 Å². The van der Waals surface area contributed by atoms with Crippen LogP contribution in [0.2, 0.25) is 0 Å². The van der Waals surface area contributed by atoms with Crippen molar-refractivity contribution in [2.24, 2.45) is 0 Å². The van der Waals surface area contributed by atoms with E-state index in [-0.39, 0.29) is 6.39 Å². The first-order valence-corrected chi connectivity index (χ1v) is 2.37. The first-order chi connectivity index (χ1) is 3.18. The molecule has 0 aliphatic rings. The minimum absolute atomic E-state index is 0.352. The zero-order valence-electron chi connectivity index (χ0n) is 3.87. The van der Waals surface area contributed by atoms with Crippen LogP contribution in [0.1, 0.15) is 0 Å². The van der Waals surface area contributed by atoms with E-state index in [0.29, 0.717) is 0 Å². The number of hydrogen-bond acceptors (Lipinski definition) is 1. The molecular formula is B6S. The maximum atomic E-state index is 5.21. The van der Waals surface area contributed by atoms with Crippen molar-refractivity contribution in [3.05, 3.63) is 0 Å². The molecular weight excluding hydrogens is 96.9 g/mol. The molecule has 0 spiro atoms. The van der Waals surface area contributed by atoms with Crippen LogP contribution in [0.15, 0.2) is 0 Å². The Morgan fingerprint density at radius 1 is 1.29 bits per heavy atom. The zero-order valence-corrected chi connectivity index (χ0v) is 4.69. The van der Waals surface area contributed by atoms with E-state index in [4.69, 9.17) is 23.2 Å². The second kappa shape index (κ2) is 3.59. The summed E-state index contributed by atoms with van der Waals surface area (Å²) in [6.45, 7) is 0. The van der Waals surface area contributed by atoms with E-state index in [0.717, 1.165) is 0 Å². The first-order valence-electron chi connectivity index (χ1n) is 1.90. The standard InChI is InChI=1S/B6S/c1-5(2)6(3)4-7. The summed E-state index contributed by atoms with van der Waals surface area (Å²) in [5, 5.41) is 0. The molecule has 0 atom stereocenters. The molecule has 0 aromatic heterocycles. The topological polar surface area (TPSA) is 0 Å². The number of rotatable bonds is 2. The van der Waals surface area contributed by atoms with Gasteiger partial charge in [-0.25, -0.2) is 0 Å². The Morgan fingerprint density at radius 3 is 1.71 bits per heavy atom. The third kappa shape index (κ3) is 3.21. The van der Waals surface area contributed by atoms with Crippen molar-refractivity contribution in [1.82, 2.24) is 0 Å². The fourth-order valence-corrected chi connectivity index (χ4v) is 0.272. The van der Waals surface area contributed by atoms with Crippen LogP contribution in [0.3, 0.4) is 0 Å². The van der Waals surface area contributed by atoms with E-state index in [2.05, 4.69) is 12.1 Å². The monoisotopic (exact) mass is 98.0 g/mol. The van der Waals surface area contributed by atoms with Gasteiger partial charge < -0.3 is 0 Å². The number of hydrogen-bond donors (Lipinski definition) is 0. The van der Waals surface area contributed by atoms with Gasteiger partial charge in [0.2, 0.25) is 0 Å². The molecule has 7 heavy (non-hydrogen) atoms. The van der Waals surface area contributed by atoms with Gasteiger partial charge in [-0.2, -0.15) is 0 Å². The van der Waals surface area contributed by atoms with E-state index in [1.165, 1.54) is 6.05 Å². The Morgan fingerprint density at radius 2 is 1.71 bits per heavy atom. The van der Waals surface area contributed by atoms with E-state index < -0.39 is 6.39 Å².